The van der Waals surface area contributed by atoms with Gasteiger partial charge in [0.1, 0.15) is 0 Å². The fraction of sp³-hybridized carbons (Fsp3) is 0.933. The molecular formula is C15H29NO2. The maximum absolute atomic E-state index is 10.5. The smallest absolute Gasteiger partial charge is 0.303 e. The molecule has 18 heavy (non-hydrogen) atoms. The summed E-state index contributed by atoms with van der Waals surface area (Å²) in [4.78, 5) is 13.0. The van der Waals surface area contributed by atoms with Gasteiger partial charge in [0.2, 0.25) is 0 Å². The molecule has 0 saturated carbocycles. The second-order valence-corrected chi connectivity index (χ2v) is 5.75. The molecule has 1 heterocycles. The first-order chi connectivity index (χ1) is 8.62. The third-order valence-electron chi connectivity index (χ3n) is 4.75. The van der Waals surface area contributed by atoms with Gasteiger partial charge >= 0.3 is 5.97 Å². The van der Waals surface area contributed by atoms with Gasteiger partial charge in [-0.2, -0.15) is 0 Å². The highest BCUT2D eigenvalue weighted by Gasteiger charge is 2.28. The van der Waals surface area contributed by atoms with Crippen molar-refractivity contribution in [1.82, 2.24) is 4.90 Å². The Bertz CT molecular complexity index is 249. The highest BCUT2D eigenvalue weighted by molar-refractivity contribution is 5.66. The van der Waals surface area contributed by atoms with Gasteiger partial charge in [-0.1, -0.05) is 26.7 Å². The Hall–Kier alpha value is -0.570. The maximum atomic E-state index is 10.5. The van der Waals surface area contributed by atoms with Gasteiger partial charge < -0.3 is 10.0 Å². The summed E-state index contributed by atoms with van der Waals surface area (Å²) in [5, 5.41) is 8.61. The minimum atomic E-state index is -0.665. The molecule has 3 nitrogen and oxygen atoms in total. The molecule has 0 bridgehead atoms. The largest absolute Gasteiger partial charge is 0.481 e. The number of carboxylic acids is 1. The molecule has 1 saturated heterocycles. The number of carboxylic acid groups (broad SMARTS) is 1. The number of unbranched alkanes of at least 4 members (excludes halogenated alkanes) is 1. The van der Waals surface area contributed by atoms with Gasteiger partial charge in [0, 0.05) is 6.42 Å². The molecule has 1 aliphatic heterocycles. The van der Waals surface area contributed by atoms with E-state index in [1.165, 1.54) is 45.2 Å². The van der Waals surface area contributed by atoms with E-state index < -0.39 is 5.97 Å². The summed E-state index contributed by atoms with van der Waals surface area (Å²) in [6, 6.07) is 0. The lowest BCUT2D eigenvalue weighted by atomic mass is 9.76. The minimum absolute atomic E-state index is 0.321. The van der Waals surface area contributed by atoms with Crippen molar-refractivity contribution in [3.05, 3.63) is 0 Å². The SMILES string of the molecule is CCC1(CC)CCCN(CCCCC(=O)O)CC1. The Morgan fingerprint density at radius 2 is 1.89 bits per heavy atom. The molecule has 0 aliphatic carbocycles. The number of likely N-dealkylation sites (tertiary alicyclic amines) is 1. The second-order valence-electron chi connectivity index (χ2n) is 5.75. The molecule has 0 aromatic carbocycles. The van der Waals surface area contributed by atoms with Crippen molar-refractivity contribution in [3.63, 3.8) is 0 Å². The van der Waals surface area contributed by atoms with Crippen LogP contribution in [0.5, 0.6) is 0 Å². The molecule has 0 unspecified atom stereocenters. The third kappa shape index (κ3) is 4.97. The molecule has 0 aromatic rings. The average molecular weight is 255 g/mol. The first-order valence-corrected chi connectivity index (χ1v) is 7.56. The van der Waals surface area contributed by atoms with E-state index in [2.05, 4.69) is 18.7 Å². The van der Waals surface area contributed by atoms with E-state index in [-0.39, 0.29) is 0 Å². The molecule has 0 radical (unpaired) electrons. The number of carbonyl (C=O) groups is 1. The number of nitrogens with zero attached hydrogens (tertiary/aromatic N) is 1. The molecule has 3 heteroatoms. The molecule has 0 spiro atoms. The quantitative estimate of drug-likeness (QED) is 0.707. The van der Waals surface area contributed by atoms with Crippen molar-refractivity contribution >= 4 is 5.97 Å². The van der Waals surface area contributed by atoms with E-state index >= 15 is 0 Å². The van der Waals surface area contributed by atoms with Crippen LogP contribution in [0.3, 0.4) is 0 Å². The van der Waals surface area contributed by atoms with Crippen LogP contribution >= 0.6 is 0 Å². The molecule has 106 valence electrons. The van der Waals surface area contributed by atoms with Crippen molar-refractivity contribution in [3.8, 4) is 0 Å². The fourth-order valence-electron chi connectivity index (χ4n) is 3.10. The molecule has 1 aliphatic rings. The van der Waals surface area contributed by atoms with Crippen LogP contribution in [0.15, 0.2) is 0 Å². The van der Waals surface area contributed by atoms with Gasteiger partial charge in [0.25, 0.3) is 0 Å². The molecule has 1 rings (SSSR count). The van der Waals surface area contributed by atoms with Crippen LogP contribution in [0.4, 0.5) is 0 Å². The standard InChI is InChI=1S/C15H29NO2/c1-3-15(4-2)9-7-12-16(13-10-15)11-6-5-8-14(17)18/h3-13H2,1-2H3,(H,17,18). The zero-order chi connectivity index (χ0) is 13.4. The van der Waals surface area contributed by atoms with E-state index in [1.807, 2.05) is 0 Å². The molecule has 1 fully saturated rings. The summed E-state index contributed by atoms with van der Waals surface area (Å²) in [5.74, 6) is -0.665. The van der Waals surface area contributed by atoms with Crippen LogP contribution in [0.1, 0.15) is 65.2 Å². The highest BCUT2D eigenvalue weighted by Crippen LogP contribution is 2.37. The van der Waals surface area contributed by atoms with Gasteiger partial charge in [0.05, 0.1) is 0 Å². The molecule has 0 atom stereocenters. The number of hydrogen-bond acceptors (Lipinski definition) is 2. The Labute approximate surface area is 112 Å². The lowest BCUT2D eigenvalue weighted by Gasteiger charge is -2.30. The average Bonchev–Trinajstić information content (AvgIpc) is 2.57. The van der Waals surface area contributed by atoms with Gasteiger partial charge in [0.15, 0.2) is 0 Å². The fourth-order valence-corrected chi connectivity index (χ4v) is 3.10. The van der Waals surface area contributed by atoms with Crippen LogP contribution < -0.4 is 0 Å². The zero-order valence-corrected chi connectivity index (χ0v) is 12.1. The van der Waals surface area contributed by atoms with E-state index in [0.717, 1.165) is 19.4 Å². The number of hydrogen-bond donors (Lipinski definition) is 1. The van der Waals surface area contributed by atoms with Gasteiger partial charge in [-0.15, -0.1) is 0 Å². The van der Waals surface area contributed by atoms with Gasteiger partial charge in [-0.3, -0.25) is 4.79 Å². The summed E-state index contributed by atoms with van der Waals surface area (Å²) >= 11 is 0. The monoisotopic (exact) mass is 255 g/mol. The Balaban J connectivity index is 2.27. The van der Waals surface area contributed by atoms with E-state index in [1.54, 1.807) is 0 Å². The predicted octanol–water partition coefficient (Wildman–Crippen LogP) is 3.53. The molecule has 1 N–H and O–H groups in total. The van der Waals surface area contributed by atoms with Crippen LogP contribution in [0.2, 0.25) is 0 Å². The van der Waals surface area contributed by atoms with Crippen molar-refractivity contribution < 1.29 is 9.90 Å². The third-order valence-corrected chi connectivity index (χ3v) is 4.75. The van der Waals surface area contributed by atoms with Crippen molar-refractivity contribution in [2.75, 3.05) is 19.6 Å². The zero-order valence-electron chi connectivity index (χ0n) is 12.1. The van der Waals surface area contributed by atoms with Crippen LogP contribution in [-0.2, 0) is 4.79 Å². The number of rotatable bonds is 7. The first-order valence-electron chi connectivity index (χ1n) is 7.56. The van der Waals surface area contributed by atoms with Gasteiger partial charge in [-0.05, 0) is 57.2 Å². The summed E-state index contributed by atoms with van der Waals surface area (Å²) in [5.41, 5.74) is 0.579. The second kappa shape index (κ2) is 7.78. The van der Waals surface area contributed by atoms with Crippen LogP contribution in [0, 0.1) is 5.41 Å². The van der Waals surface area contributed by atoms with Crippen molar-refractivity contribution in [1.29, 1.82) is 0 Å². The molecule has 0 aromatic heterocycles. The maximum Gasteiger partial charge on any atom is 0.303 e. The van der Waals surface area contributed by atoms with Crippen LogP contribution in [0.25, 0.3) is 0 Å². The normalized spacial score (nSPS) is 20.6. The molecule has 0 amide bonds. The first kappa shape index (κ1) is 15.5. The van der Waals surface area contributed by atoms with Crippen molar-refractivity contribution in [2.45, 2.75) is 65.2 Å². The van der Waals surface area contributed by atoms with E-state index in [4.69, 9.17) is 5.11 Å². The van der Waals surface area contributed by atoms with E-state index in [9.17, 15) is 4.79 Å². The van der Waals surface area contributed by atoms with Crippen molar-refractivity contribution in [2.24, 2.45) is 5.41 Å². The summed E-state index contributed by atoms with van der Waals surface area (Å²) in [6.07, 6.45) is 8.76. The van der Waals surface area contributed by atoms with E-state index in [0.29, 0.717) is 11.8 Å². The Morgan fingerprint density at radius 3 is 2.50 bits per heavy atom. The van der Waals surface area contributed by atoms with Gasteiger partial charge in [-0.25, -0.2) is 0 Å². The lowest BCUT2D eigenvalue weighted by Crippen LogP contribution is -2.27. The predicted molar refractivity (Wildman–Crippen MR) is 74.8 cm³/mol. The van der Waals surface area contributed by atoms with Crippen LogP contribution in [-0.4, -0.2) is 35.6 Å². The highest BCUT2D eigenvalue weighted by atomic mass is 16.4. The molecular weight excluding hydrogens is 226 g/mol. The summed E-state index contributed by atoms with van der Waals surface area (Å²) in [7, 11) is 0. The summed E-state index contributed by atoms with van der Waals surface area (Å²) in [6.45, 7) is 8.14. The summed E-state index contributed by atoms with van der Waals surface area (Å²) < 4.78 is 0. The Kier molecular flexibility index (Phi) is 6.69. The number of aliphatic carboxylic acids is 1. The topological polar surface area (TPSA) is 40.5 Å². The minimum Gasteiger partial charge on any atom is -0.481 e. The Morgan fingerprint density at radius 1 is 1.17 bits per heavy atom. The lowest BCUT2D eigenvalue weighted by molar-refractivity contribution is -0.137.